The third kappa shape index (κ3) is 4.20. The van der Waals surface area contributed by atoms with Gasteiger partial charge in [-0.25, -0.2) is 0 Å². The van der Waals surface area contributed by atoms with Gasteiger partial charge in [-0.3, -0.25) is 9.59 Å². The predicted molar refractivity (Wildman–Crippen MR) is 71.8 cm³/mol. The van der Waals surface area contributed by atoms with Crippen LogP contribution in [0.15, 0.2) is 0 Å². The van der Waals surface area contributed by atoms with Crippen LogP contribution in [0.2, 0.25) is 0 Å². The largest absolute Gasteiger partial charge is 0.481 e. The SMILES string of the molecule is CCCCOCCCNC(=O)C1C(C(=O)O)C1(C)C. The van der Waals surface area contributed by atoms with E-state index in [4.69, 9.17) is 9.84 Å². The van der Waals surface area contributed by atoms with Crippen molar-refractivity contribution in [2.75, 3.05) is 19.8 Å². The fourth-order valence-corrected chi connectivity index (χ4v) is 2.43. The van der Waals surface area contributed by atoms with Crippen molar-refractivity contribution in [3.63, 3.8) is 0 Å². The van der Waals surface area contributed by atoms with Crippen molar-refractivity contribution >= 4 is 11.9 Å². The Labute approximate surface area is 114 Å². The summed E-state index contributed by atoms with van der Waals surface area (Å²) in [7, 11) is 0. The number of aliphatic carboxylic acids is 1. The second kappa shape index (κ2) is 6.89. The van der Waals surface area contributed by atoms with Gasteiger partial charge < -0.3 is 15.2 Å². The van der Waals surface area contributed by atoms with Gasteiger partial charge in [-0.05, 0) is 18.3 Å². The number of carbonyl (C=O) groups excluding carboxylic acids is 1. The van der Waals surface area contributed by atoms with Crippen LogP contribution in [0.3, 0.4) is 0 Å². The van der Waals surface area contributed by atoms with E-state index in [1.54, 1.807) is 0 Å². The lowest BCUT2D eigenvalue weighted by atomic mass is 10.1. The Bertz CT molecular complexity index is 327. The summed E-state index contributed by atoms with van der Waals surface area (Å²) in [4.78, 5) is 22.8. The second-order valence-electron chi connectivity index (χ2n) is 5.73. The van der Waals surface area contributed by atoms with E-state index >= 15 is 0 Å². The maximum absolute atomic E-state index is 11.9. The van der Waals surface area contributed by atoms with Gasteiger partial charge in [0.2, 0.25) is 5.91 Å². The summed E-state index contributed by atoms with van der Waals surface area (Å²) in [5.74, 6) is -1.97. The lowest BCUT2D eigenvalue weighted by Gasteiger charge is -2.06. The Morgan fingerprint density at radius 2 is 1.84 bits per heavy atom. The van der Waals surface area contributed by atoms with Gasteiger partial charge in [-0.15, -0.1) is 0 Å². The molecule has 2 N–H and O–H groups in total. The topological polar surface area (TPSA) is 75.6 Å². The van der Waals surface area contributed by atoms with Crippen molar-refractivity contribution in [3.05, 3.63) is 0 Å². The van der Waals surface area contributed by atoms with Crippen molar-refractivity contribution in [1.82, 2.24) is 5.32 Å². The van der Waals surface area contributed by atoms with Gasteiger partial charge in [0, 0.05) is 19.8 Å². The minimum atomic E-state index is -0.881. The molecule has 1 aliphatic carbocycles. The predicted octanol–water partition coefficient (Wildman–Crippen LogP) is 1.67. The molecule has 0 aromatic heterocycles. The molecule has 1 aliphatic rings. The molecule has 110 valence electrons. The van der Waals surface area contributed by atoms with Crippen molar-refractivity contribution in [1.29, 1.82) is 0 Å². The molecule has 0 aliphatic heterocycles. The van der Waals surface area contributed by atoms with E-state index in [1.807, 2.05) is 13.8 Å². The minimum Gasteiger partial charge on any atom is -0.481 e. The molecule has 0 aromatic carbocycles. The van der Waals surface area contributed by atoms with Gasteiger partial charge in [0.1, 0.15) is 0 Å². The van der Waals surface area contributed by atoms with E-state index in [9.17, 15) is 9.59 Å². The first-order valence-electron chi connectivity index (χ1n) is 7.01. The number of amides is 1. The van der Waals surface area contributed by atoms with E-state index < -0.39 is 23.2 Å². The number of rotatable bonds is 9. The molecule has 1 amide bonds. The fourth-order valence-electron chi connectivity index (χ4n) is 2.43. The molecule has 0 aromatic rings. The van der Waals surface area contributed by atoms with Crippen LogP contribution in [0.4, 0.5) is 0 Å². The molecule has 19 heavy (non-hydrogen) atoms. The van der Waals surface area contributed by atoms with E-state index in [1.165, 1.54) is 0 Å². The van der Waals surface area contributed by atoms with E-state index in [0.29, 0.717) is 13.2 Å². The number of hydrogen-bond acceptors (Lipinski definition) is 3. The van der Waals surface area contributed by atoms with Gasteiger partial charge in [-0.1, -0.05) is 27.2 Å². The number of unbranched alkanes of at least 4 members (excludes halogenated alkanes) is 1. The van der Waals surface area contributed by atoms with Crippen LogP contribution in [0.5, 0.6) is 0 Å². The smallest absolute Gasteiger partial charge is 0.307 e. The fraction of sp³-hybridized carbons (Fsp3) is 0.857. The molecule has 0 heterocycles. The number of carboxylic acid groups (broad SMARTS) is 1. The molecule has 0 saturated heterocycles. The number of ether oxygens (including phenoxy) is 1. The van der Waals surface area contributed by atoms with Crippen LogP contribution in [-0.4, -0.2) is 36.7 Å². The molecule has 2 atom stereocenters. The summed E-state index contributed by atoms with van der Waals surface area (Å²) >= 11 is 0. The lowest BCUT2D eigenvalue weighted by Crippen LogP contribution is -2.28. The molecular formula is C14H25NO4. The molecule has 0 radical (unpaired) electrons. The zero-order valence-electron chi connectivity index (χ0n) is 12.1. The summed E-state index contributed by atoms with van der Waals surface area (Å²) in [6, 6.07) is 0. The van der Waals surface area contributed by atoms with Gasteiger partial charge in [-0.2, -0.15) is 0 Å². The highest BCUT2D eigenvalue weighted by atomic mass is 16.5. The Morgan fingerprint density at radius 3 is 2.37 bits per heavy atom. The molecule has 0 spiro atoms. The standard InChI is InChI=1S/C14H25NO4/c1-4-5-8-19-9-6-7-15-12(16)10-11(13(17)18)14(10,2)3/h10-11H,4-9H2,1-3H3,(H,15,16)(H,17,18). The maximum Gasteiger partial charge on any atom is 0.307 e. The van der Waals surface area contributed by atoms with Gasteiger partial charge in [0.25, 0.3) is 0 Å². The van der Waals surface area contributed by atoms with E-state index in [0.717, 1.165) is 25.9 Å². The molecule has 1 fully saturated rings. The van der Waals surface area contributed by atoms with Crippen LogP contribution in [0, 0.1) is 17.3 Å². The Morgan fingerprint density at radius 1 is 1.21 bits per heavy atom. The van der Waals surface area contributed by atoms with Crippen molar-refractivity contribution < 1.29 is 19.4 Å². The van der Waals surface area contributed by atoms with Gasteiger partial charge >= 0.3 is 5.97 Å². The first-order chi connectivity index (χ1) is 8.92. The molecule has 5 nitrogen and oxygen atoms in total. The van der Waals surface area contributed by atoms with Crippen LogP contribution in [-0.2, 0) is 14.3 Å². The van der Waals surface area contributed by atoms with Crippen LogP contribution < -0.4 is 5.32 Å². The molecular weight excluding hydrogens is 246 g/mol. The Hall–Kier alpha value is -1.10. The van der Waals surface area contributed by atoms with Crippen LogP contribution in [0.1, 0.15) is 40.0 Å². The molecule has 1 saturated carbocycles. The third-order valence-corrected chi connectivity index (χ3v) is 3.78. The molecule has 0 bridgehead atoms. The van der Waals surface area contributed by atoms with Gasteiger partial charge in [0.15, 0.2) is 0 Å². The number of carboxylic acids is 1. The van der Waals surface area contributed by atoms with E-state index in [-0.39, 0.29) is 5.91 Å². The average Bonchev–Trinajstić information content (AvgIpc) is 2.91. The molecule has 2 unspecified atom stereocenters. The van der Waals surface area contributed by atoms with Gasteiger partial charge in [0.05, 0.1) is 11.8 Å². The Kier molecular flexibility index (Phi) is 5.79. The highest BCUT2D eigenvalue weighted by Gasteiger charge is 2.65. The first-order valence-corrected chi connectivity index (χ1v) is 7.01. The number of hydrogen-bond donors (Lipinski definition) is 2. The Balaban J connectivity index is 2.14. The zero-order valence-corrected chi connectivity index (χ0v) is 12.1. The minimum absolute atomic E-state index is 0.147. The summed E-state index contributed by atoms with van der Waals surface area (Å²) in [5.41, 5.74) is -0.423. The van der Waals surface area contributed by atoms with Crippen molar-refractivity contribution in [3.8, 4) is 0 Å². The third-order valence-electron chi connectivity index (χ3n) is 3.78. The molecule has 5 heteroatoms. The normalized spacial score (nSPS) is 23.9. The molecule has 1 rings (SSSR count). The summed E-state index contributed by atoms with van der Waals surface area (Å²) in [6.07, 6.45) is 2.94. The van der Waals surface area contributed by atoms with Crippen LogP contribution in [0.25, 0.3) is 0 Å². The van der Waals surface area contributed by atoms with Crippen LogP contribution >= 0.6 is 0 Å². The van der Waals surface area contributed by atoms with Crippen molar-refractivity contribution in [2.24, 2.45) is 17.3 Å². The second-order valence-corrected chi connectivity index (χ2v) is 5.73. The lowest BCUT2D eigenvalue weighted by molar-refractivity contribution is -0.140. The number of nitrogens with one attached hydrogen (secondary N) is 1. The first kappa shape index (κ1) is 16.0. The summed E-state index contributed by atoms with van der Waals surface area (Å²) < 4.78 is 5.39. The monoisotopic (exact) mass is 271 g/mol. The quantitative estimate of drug-likeness (QED) is 0.625. The maximum atomic E-state index is 11.9. The highest BCUT2D eigenvalue weighted by Crippen LogP contribution is 2.58. The highest BCUT2D eigenvalue weighted by molar-refractivity contribution is 5.91. The number of carbonyl (C=O) groups is 2. The van der Waals surface area contributed by atoms with Crippen molar-refractivity contribution in [2.45, 2.75) is 40.0 Å². The summed E-state index contributed by atoms with van der Waals surface area (Å²) in [5, 5.41) is 11.8. The summed E-state index contributed by atoms with van der Waals surface area (Å²) in [6.45, 7) is 7.70. The zero-order chi connectivity index (χ0) is 14.5. The van der Waals surface area contributed by atoms with E-state index in [2.05, 4.69) is 12.2 Å². The average molecular weight is 271 g/mol.